The molecular formula is C27H31N3O6. The number of hydrogen-bond acceptors (Lipinski definition) is 7. The number of piperidine rings is 1. The average Bonchev–Trinajstić information content (AvgIpc) is 3.39. The van der Waals surface area contributed by atoms with Gasteiger partial charge in [0, 0.05) is 37.9 Å². The fraction of sp³-hybridized carbons (Fsp3) is 0.407. The fourth-order valence-corrected chi connectivity index (χ4v) is 4.94. The van der Waals surface area contributed by atoms with Crippen molar-refractivity contribution in [3.8, 4) is 28.7 Å². The zero-order valence-corrected chi connectivity index (χ0v) is 20.8. The summed E-state index contributed by atoms with van der Waals surface area (Å²) in [6, 6.07) is 11.4. The molecule has 2 aromatic carbocycles. The van der Waals surface area contributed by atoms with Gasteiger partial charge in [0.1, 0.15) is 12.4 Å². The number of hydrogen-bond donors (Lipinski definition) is 0. The summed E-state index contributed by atoms with van der Waals surface area (Å²) in [6.07, 6.45) is 4.87. The van der Waals surface area contributed by atoms with Crippen LogP contribution in [0, 0.1) is 0 Å². The van der Waals surface area contributed by atoms with E-state index >= 15 is 0 Å². The molecule has 9 heteroatoms. The topological polar surface area (TPSA) is 84.3 Å². The van der Waals surface area contributed by atoms with Gasteiger partial charge in [-0.3, -0.25) is 4.79 Å². The van der Waals surface area contributed by atoms with Crippen LogP contribution < -0.4 is 23.7 Å². The van der Waals surface area contributed by atoms with Crippen LogP contribution in [0.3, 0.4) is 0 Å². The Bertz CT molecular complexity index is 1190. The highest BCUT2D eigenvalue weighted by atomic mass is 16.6. The minimum atomic E-state index is -0.613. The summed E-state index contributed by atoms with van der Waals surface area (Å²) in [4.78, 5) is 19.7. The van der Waals surface area contributed by atoms with Gasteiger partial charge in [-0.05, 0) is 42.7 Å². The van der Waals surface area contributed by atoms with Gasteiger partial charge in [-0.1, -0.05) is 12.1 Å². The fourth-order valence-electron chi connectivity index (χ4n) is 4.94. The zero-order valence-electron chi connectivity index (χ0n) is 20.8. The molecule has 36 heavy (non-hydrogen) atoms. The first kappa shape index (κ1) is 23.8. The second-order valence-corrected chi connectivity index (χ2v) is 8.91. The zero-order chi connectivity index (χ0) is 25.1. The third-order valence-corrected chi connectivity index (χ3v) is 6.78. The Kier molecular flexibility index (Phi) is 6.88. The SMILES string of the molecule is COc1cc(Cn2ccnc2C2CCN(C(=O)C3COc4ccccc4O3)CC2)cc(OC)c1OC. The molecule has 0 radical (unpaired) electrons. The van der Waals surface area contributed by atoms with E-state index in [-0.39, 0.29) is 18.4 Å². The molecule has 1 fully saturated rings. The molecule has 2 aliphatic heterocycles. The number of carbonyl (C=O) groups excluding carboxylic acids is 1. The highest BCUT2D eigenvalue weighted by Gasteiger charge is 2.34. The van der Waals surface area contributed by atoms with Crippen molar-refractivity contribution >= 4 is 5.91 Å². The van der Waals surface area contributed by atoms with E-state index < -0.39 is 6.10 Å². The Morgan fingerprint density at radius 3 is 2.39 bits per heavy atom. The number of nitrogens with zero attached hydrogens (tertiary/aromatic N) is 3. The minimum absolute atomic E-state index is 0.0243. The van der Waals surface area contributed by atoms with Gasteiger partial charge in [0.25, 0.3) is 5.91 Å². The molecule has 1 atom stereocenters. The van der Waals surface area contributed by atoms with Crippen LogP contribution in [0.15, 0.2) is 48.8 Å². The maximum atomic E-state index is 13.1. The van der Waals surface area contributed by atoms with E-state index in [0.29, 0.717) is 48.4 Å². The number of imidazole rings is 1. The summed E-state index contributed by atoms with van der Waals surface area (Å²) in [5.41, 5.74) is 1.02. The smallest absolute Gasteiger partial charge is 0.267 e. The molecule has 0 spiro atoms. The molecule has 1 unspecified atom stereocenters. The number of likely N-dealkylation sites (tertiary alicyclic amines) is 1. The van der Waals surface area contributed by atoms with Gasteiger partial charge in [-0.2, -0.15) is 0 Å². The van der Waals surface area contributed by atoms with E-state index in [4.69, 9.17) is 23.7 Å². The Morgan fingerprint density at radius 2 is 1.72 bits per heavy atom. The number of carbonyl (C=O) groups is 1. The summed E-state index contributed by atoms with van der Waals surface area (Å²) in [5, 5.41) is 0. The summed E-state index contributed by atoms with van der Waals surface area (Å²) in [7, 11) is 4.82. The highest BCUT2D eigenvalue weighted by molar-refractivity contribution is 5.82. The quantitative estimate of drug-likeness (QED) is 0.498. The van der Waals surface area contributed by atoms with Gasteiger partial charge in [0.2, 0.25) is 11.9 Å². The molecule has 190 valence electrons. The number of amides is 1. The molecule has 3 heterocycles. The van der Waals surface area contributed by atoms with Crippen molar-refractivity contribution in [3.05, 3.63) is 60.2 Å². The van der Waals surface area contributed by atoms with E-state index in [1.54, 1.807) is 21.3 Å². The molecule has 1 amide bonds. The van der Waals surface area contributed by atoms with Crippen molar-refractivity contribution in [2.24, 2.45) is 0 Å². The number of para-hydroxylation sites is 2. The van der Waals surface area contributed by atoms with E-state index in [9.17, 15) is 4.79 Å². The number of ether oxygens (including phenoxy) is 5. The first-order valence-electron chi connectivity index (χ1n) is 12.1. The van der Waals surface area contributed by atoms with E-state index in [0.717, 1.165) is 24.2 Å². The van der Waals surface area contributed by atoms with Crippen LogP contribution in [0.1, 0.15) is 30.1 Å². The number of rotatable bonds is 7. The first-order chi connectivity index (χ1) is 17.6. The standard InChI is InChI=1S/C27H31N3O6/c1-32-22-14-18(15-23(33-2)25(22)34-3)16-30-13-10-28-26(30)19-8-11-29(12-9-19)27(31)24-17-35-20-6-4-5-7-21(20)36-24/h4-7,10,13-15,19,24H,8-9,11-12,16-17H2,1-3H3. The van der Waals surface area contributed by atoms with Gasteiger partial charge >= 0.3 is 0 Å². The van der Waals surface area contributed by atoms with Crippen molar-refractivity contribution in [1.82, 2.24) is 14.5 Å². The van der Waals surface area contributed by atoms with Crippen LogP contribution in [-0.4, -0.2) is 67.5 Å². The molecule has 2 aliphatic rings. The lowest BCUT2D eigenvalue weighted by atomic mass is 9.95. The lowest BCUT2D eigenvalue weighted by Gasteiger charge is -2.35. The predicted molar refractivity (Wildman–Crippen MR) is 132 cm³/mol. The molecule has 1 aromatic heterocycles. The van der Waals surface area contributed by atoms with Crippen LogP contribution in [0.25, 0.3) is 0 Å². The lowest BCUT2D eigenvalue weighted by Crippen LogP contribution is -2.49. The van der Waals surface area contributed by atoms with Gasteiger partial charge in [0.05, 0.1) is 21.3 Å². The van der Waals surface area contributed by atoms with Gasteiger partial charge in [-0.15, -0.1) is 0 Å². The largest absolute Gasteiger partial charge is 0.493 e. The minimum Gasteiger partial charge on any atom is -0.493 e. The summed E-state index contributed by atoms with van der Waals surface area (Å²) >= 11 is 0. The van der Waals surface area contributed by atoms with Crippen LogP contribution in [0.4, 0.5) is 0 Å². The predicted octanol–water partition coefficient (Wildman–Crippen LogP) is 3.50. The lowest BCUT2D eigenvalue weighted by molar-refractivity contribution is -0.142. The normalized spacial score (nSPS) is 17.5. The van der Waals surface area contributed by atoms with Crippen molar-refractivity contribution < 1.29 is 28.5 Å². The third-order valence-electron chi connectivity index (χ3n) is 6.78. The maximum Gasteiger partial charge on any atom is 0.267 e. The van der Waals surface area contributed by atoms with E-state index in [2.05, 4.69) is 9.55 Å². The van der Waals surface area contributed by atoms with Gasteiger partial charge < -0.3 is 33.2 Å². The Balaban J connectivity index is 1.23. The number of methoxy groups -OCH3 is 3. The van der Waals surface area contributed by atoms with Gasteiger partial charge in [-0.25, -0.2) is 4.98 Å². The highest BCUT2D eigenvalue weighted by Crippen LogP contribution is 2.39. The Morgan fingerprint density at radius 1 is 1.03 bits per heavy atom. The van der Waals surface area contributed by atoms with Crippen LogP contribution in [0.2, 0.25) is 0 Å². The molecule has 9 nitrogen and oxygen atoms in total. The maximum absolute atomic E-state index is 13.1. The Labute approximate surface area is 210 Å². The van der Waals surface area contributed by atoms with Crippen molar-refractivity contribution in [3.63, 3.8) is 0 Å². The van der Waals surface area contributed by atoms with Crippen molar-refractivity contribution in [1.29, 1.82) is 0 Å². The molecule has 1 saturated heterocycles. The second-order valence-electron chi connectivity index (χ2n) is 8.91. The number of benzene rings is 2. The molecule has 0 bridgehead atoms. The molecule has 5 rings (SSSR count). The van der Waals surface area contributed by atoms with E-state index in [1.807, 2.05) is 53.7 Å². The van der Waals surface area contributed by atoms with Crippen molar-refractivity contribution in [2.45, 2.75) is 31.4 Å². The number of fused-ring (bicyclic) bond motifs is 1. The second kappa shape index (κ2) is 10.4. The van der Waals surface area contributed by atoms with Crippen LogP contribution in [-0.2, 0) is 11.3 Å². The summed E-state index contributed by atoms with van der Waals surface area (Å²) in [6.45, 7) is 2.16. The summed E-state index contributed by atoms with van der Waals surface area (Å²) < 4.78 is 30.3. The van der Waals surface area contributed by atoms with Crippen LogP contribution in [0.5, 0.6) is 28.7 Å². The monoisotopic (exact) mass is 493 g/mol. The van der Waals surface area contributed by atoms with Crippen LogP contribution >= 0.6 is 0 Å². The summed E-state index contributed by atoms with van der Waals surface area (Å²) in [5.74, 6) is 4.36. The molecular weight excluding hydrogens is 462 g/mol. The van der Waals surface area contributed by atoms with Crippen molar-refractivity contribution in [2.75, 3.05) is 41.0 Å². The first-order valence-corrected chi connectivity index (χ1v) is 12.1. The average molecular weight is 494 g/mol. The Hall–Kier alpha value is -3.88. The third kappa shape index (κ3) is 4.65. The molecule has 0 aliphatic carbocycles. The molecule has 0 saturated carbocycles. The number of aromatic nitrogens is 2. The molecule has 0 N–H and O–H groups in total. The van der Waals surface area contributed by atoms with Gasteiger partial charge in [0.15, 0.2) is 23.0 Å². The molecule has 3 aromatic rings. The van der Waals surface area contributed by atoms with E-state index in [1.165, 1.54) is 0 Å².